The van der Waals surface area contributed by atoms with Crippen LogP contribution in [0.5, 0.6) is 0 Å². The van der Waals surface area contributed by atoms with Gasteiger partial charge in [-0.1, -0.05) is 19.0 Å². The Labute approximate surface area is 106 Å². The van der Waals surface area contributed by atoms with Gasteiger partial charge < -0.3 is 14.8 Å². The van der Waals surface area contributed by atoms with Gasteiger partial charge in [-0.25, -0.2) is 4.98 Å². The molecule has 0 bridgehead atoms. The second kappa shape index (κ2) is 5.77. The van der Waals surface area contributed by atoms with Gasteiger partial charge in [0.25, 0.3) is 0 Å². The van der Waals surface area contributed by atoms with Crippen LogP contribution in [0.25, 0.3) is 0 Å². The van der Waals surface area contributed by atoms with Gasteiger partial charge in [-0.2, -0.15) is 4.98 Å². The first-order valence-corrected chi connectivity index (χ1v) is 6.18. The zero-order valence-electron chi connectivity index (χ0n) is 10.8. The van der Waals surface area contributed by atoms with E-state index in [4.69, 9.17) is 10.3 Å². The van der Waals surface area contributed by atoms with E-state index in [9.17, 15) is 0 Å². The summed E-state index contributed by atoms with van der Waals surface area (Å²) in [6.45, 7) is 5.08. The zero-order chi connectivity index (χ0) is 13.0. The first kappa shape index (κ1) is 12.8. The van der Waals surface area contributed by atoms with Gasteiger partial charge in [0.15, 0.2) is 6.33 Å². The monoisotopic (exact) mass is 249 g/mol. The fourth-order valence-corrected chi connectivity index (χ4v) is 1.98. The van der Waals surface area contributed by atoms with Crippen LogP contribution in [0.15, 0.2) is 23.4 Å². The number of rotatable bonds is 6. The summed E-state index contributed by atoms with van der Waals surface area (Å²) in [5.74, 6) is 1.20. The highest BCUT2D eigenvalue weighted by atomic mass is 16.5. The molecule has 1 unspecified atom stereocenters. The van der Waals surface area contributed by atoms with Crippen molar-refractivity contribution in [3.8, 4) is 0 Å². The third kappa shape index (κ3) is 3.16. The molecular formula is C12H19N5O. The summed E-state index contributed by atoms with van der Waals surface area (Å²) in [5, 5.41) is 3.58. The quantitative estimate of drug-likeness (QED) is 0.840. The van der Waals surface area contributed by atoms with Crippen molar-refractivity contribution in [2.75, 3.05) is 0 Å². The van der Waals surface area contributed by atoms with E-state index >= 15 is 0 Å². The molecule has 6 nitrogen and oxygen atoms in total. The van der Waals surface area contributed by atoms with Gasteiger partial charge in [0.2, 0.25) is 5.89 Å². The lowest BCUT2D eigenvalue weighted by atomic mass is 10.0. The molecule has 0 aliphatic carbocycles. The highest BCUT2D eigenvalue weighted by molar-refractivity contribution is 5.05. The molecule has 2 heterocycles. The van der Waals surface area contributed by atoms with E-state index in [1.807, 2.05) is 6.20 Å². The Morgan fingerprint density at radius 3 is 2.94 bits per heavy atom. The molecule has 0 aliphatic heterocycles. The summed E-state index contributed by atoms with van der Waals surface area (Å²) in [6, 6.07) is 0.0233. The summed E-state index contributed by atoms with van der Waals surface area (Å²) in [6.07, 6.45) is 6.69. The lowest BCUT2D eigenvalue weighted by Crippen LogP contribution is -2.17. The van der Waals surface area contributed by atoms with Crippen molar-refractivity contribution in [1.29, 1.82) is 0 Å². The minimum absolute atomic E-state index is 0.0233. The molecule has 0 spiro atoms. The molecule has 6 heteroatoms. The number of hydrogen-bond donors (Lipinski definition) is 1. The molecule has 0 saturated carbocycles. The Balaban J connectivity index is 1.99. The van der Waals surface area contributed by atoms with Crippen molar-refractivity contribution in [1.82, 2.24) is 19.7 Å². The smallest absolute Gasteiger partial charge is 0.228 e. The predicted octanol–water partition coefficient (Wildman–Crippen LogP) is 1.55. The van der Waals surface area contributed by atoms with Crippen molar-refractivity contribution in [3.63, 3.8) is 0 Å². The van der Waals surface area contributed by atoms with Crippen molar-refractivity contribution >= 4 is 0 Å². The number of nitrogens with zero attached hydrogens (tertiary/aromatic N) is 4. The Kier molecular flexibility index (Phi) is 4.09. The first-order valence-electron chi connectivity index (χ1n) is 6.18. The maximum Gasteiger partial charge on any atom is 0.228 e. The third-order valence-electron chi connectivity index (χ3n) is 2.82. The third-order valence-corrected chi connectivity index (χ3v) is 2.82. The molecular weight excluding hydrogens is 230 g/mol. The molecule has 0 aliphatic rings. The first-order chi connectivity index (χ1) is 8.66. The molecule has 18 heavy (non-hydrogen) atoms. The maximum atomic E-state index is 6.18. The summed E-state index contributed by atoms with van der Waals surface area (Å²) in [7, 11) is 0. The molecule has 98 valence electrons. The summed E-state index contributed by atoms with van der Waals surface area (Å²) >= 11 is 0. The van der Waals surface area contributed by atoms with E-state index in [-0.39, 0.29) is 6.04 Å². The van der Waals surface area contributed by atoms with Gasteiger partial charge in [0.1, 0.15) is 0 Å². The number of nitrogens with two attached hydrogens (primary N) is 1. The van der Waals surface area contributed by atoms with Crippen LogP contribution in [0, 0.1) is 5.92 Å². The second-order valence-corrected chi connectivity index (χ2v) is 4.83. The van der Waals surface area contributed by atoms with Crippen molar-refractivity contribution in [2.45, 2.75) is 39.3 Å². The van der Waals surface area contributed by atoms with E-state index in [0.717, 1.165) is 18.7 Å². The number of aryl methyl sites for hydroxylation is 2. The standard InChI is InChI=1S/C12H19N5O/c1-9(2)5-10(13)11-6-14-8-17(11)4-3-12-15-7-16-18-12/h6-10H,3-5,13H2,1-2H3. The predicted molar refractivity (Wildman–Crippen MR) is 66.6 cm³/mol. The lowest BCUT2D eigenvalue weighted by Gasteiger charge is -2.16. The van der Waals surface area contributed by atoms with E-state index in [2.05, 4.69) is 33.5 Å². The van der Waals surface area contributed by atoms with E-state index in [1.165, 1.54) is 6.33 Å². The Morgan fingerprint density at radius 2 is 2.28 bits per heavy atom. The summed E-state index contributed by atoms with van der Waals surface area (Å²) in [5.41, 5.74) is 7.24. The van der Waals surface area contributed by atoms with Crippen molar-refractivity contribution in [3.05, 3.63) is 30.4 Å². The molecule has 0 radical (unpaired) electrons. The molecule has 0 aromatic carbocycles. The summed E-state index contributed by atoms with van der Waals surface area (Å²) < 4.78 is 7.02. The Morgan fingerprint density at radius 1 is 1.44 bits per heavy atom. The van der Waals surface area contributed by atoms with Crippen LogP contribution in [0.1, 0.15) is 37.9 Å². The topological polar surface area (TPSA) is 82.8 Å². The van der Waals surface area contributed by atoms with Gasteiger partial charge in [0, 0.05) is 25.2 Å². The fourth-order valence-electron chi connectivity index (χ4n) is 1.98. The van der Waals surface area contributed by atoms with Gasteiger partial charge in [-0.05, 0) is 12.3 Å². The van der Waals surface area contributed by atoms with Crippen LogP contribution in [-0.2, 0) is 13.0 Å². The lowest BCUT2D eigenvalue weighted by molar-refractivity contribution is 0.369. The van der Waals surface area contributed by atoms with Crippen molar-refractivity contribution in [2.24, 2.45) is 11.7 Å². The maximum absolute atomic E-state index is 6.18. The van der Waals surface area contributed by atoms with Crippen molar-refractivity contribution < 1.29 is 4.52 Å². The van der Waals surface area contributed by atoms with Crippen LogP contribution < -0.4 is 5.73 Å². The van der Waals surface area contributed by atoms with Crippen LogP contribution in [0.3, 0.4) is 0 Å². The van der Waals surface area contributed by atoms with E-state index < -0.39 is 0 Å². The SMILES string of the molecule is CC(C)CC(N)c1cncn1CCc1ncno1. The minimum Gasteiger partial charge on any atom is -0.340 e. The average molecular weight is 249 g/mol. The Bertz CT molecular complexity index is 463. The number of imidazole rings is 1. The van der Waals surface area contributed by atoms with Crippen LogP contribution in [-0.4, -0.2) is 19.7 Å². The van der Waals surface area contributed by atoms with Gasteiger partial charge >= 0.3 is 0 Å². The summed E-state index contributed by atoms with van der Waals surface area (Å²) in [4.78, 5) is 8.16. The second-order valence-electron chi connectivity index (χ2n) is 4.83. The Hall–Kier alpha value is -1.69. The van der Waals surface area contributed by atoms with Crippen LogP contribution in [0.4, 0.5) is 0 Å². The average Bonchev–Trinajstić information content (AvgIpc) is 2.96. The number of aromatic nitrogens is 4. The minimum atomic E-state index is 0.0233. The fraction of sp³-hybridized carbons (Fsp3) is 0.583. The van der Waals surface area contributed by atoms with Gasteiger partial charge in [-0.15, -0.1) is 0 Å². The molecule has 2 aromatic heterocycles. The molecule has 2 N–H and O–H groups in total. The normalized spacial score (nSPS) is 13.1. The zero-order valence-corrected chi connectivity index (χ0v) is 10.8. The molecule has 2 aromatic rings. The highest BCUT2D eigenvalue weighted by Crippen LogP contribution is 2.18. The van der Waals surface area contributed by atoms with E-state index in [0.29, 0.717) is 18.2 Å². The van der Waals surface area contributed by atoms with Gasteiger partial charge in [-0.3, -0.25) is 0 Å². The van der Waals surface area contributed by atoms with Gasteiger partial charge in [0.05, 0.1) is 12.0 Å². The van der Waals surface area contributed by atoms with Crippen LogP contribution >= 0.6 is 0 Å². The molecule has 0 saturated heterocycles. The number of hydrogen-bond acceptors (Lipinski definition) is 5. The highest BCUT2D eigenvalue weighted by Gasteiger charge is 2.13. The molecule has 0 fully saturated rings. The van der Waals surface area contributed by atoms with E-state index in [1.54, 1.807) is 6.33 Å². The molecule has 2 rings (SSSR count). The molecule has 0 amide bonds. The largest absolute Gasteiger partial charge is 0.340 e. The molecule has 1 atom stereocenters. The van der Waals surface area contributed by atoms with Crippen LogP contribution in [0.2, 0.25) is 0 Å².